The topological polar surface area (TPSA) is 96.0 Å². The minimum absolute atomic E-state index is 0.00554. The van der Waals surface area contributed by atoms with E-state index in [0.717, 1.165) is 37.5 Å². The van der Waals surface area contributed by atoms with Crippen molar-refractivity contribution in [2.24, 2.45) is 5.92 Å². The van der Waals surface area contributed by atoms with Gasteiger partial charge in [-0.3, -0.25) is 4.79 Å². The van der Waals surface area contributed by atoms with Gasteiger partial charge in [0.1, 0.15) is 6.29 Å². The van der Waals surface area contributed by atoms with Crippen molar-refractivity contribution in [2.75, 3.05) is 46.2 Å². The first-order valence-corrected chi connectivity index (χ1v) is 17.9. The molecule has 1 aliphatic carbocycles. The van der Waals surface area contributed by atoms with E-state index in [4.69, 9.17) is 4.74 Å². The molecule has 1 fully saturated rings. The van der Waals surface area contributed by atoms with Crippen molar-refractivity contribution in [1.82, 2.24) is 15.1 Å². The monoisotopic (exact) mass is 625 g/mol. The van der Waals surface area contributed by atoms with Gasteiger partial charge in [-0.15, -0.1) is 0 Å². The lowest BCUT2D eigenvalue weighted by atomic mass is 9.92. The maximum atomic E-state index is 13.6. The molecule has 0 aromatic heterocycles. The van der Waals surface area contributed by atoms with E-state index in [9.17, 15) is 18.0 Å². The first-order chi connectivity index (χ1) is 21.2. The van der Waals surface area contributed by atoms with Crippen LogP contribution in [0.1, 0.15) is 73.5 Å². The molecular weight excluding hydrogens is 574 g/mol. The van der Waals surface area contributed by atoms with E-state index in [1.165, 1.54) is 36.5 Å². The van der Waals surface area contributed by atoms with Gasteiger partial charge < -0.3 is 24.6 Å². The van der Waals surface area contributed by atoms with Crippen molar-refractivity contribution in [3.8, 4) is 0 Å². The highest BCUT2D eigenvalue weighted by Gasteiger charge is 2.32. The Bertz CT molecular complexity index is 1340. The molecule has 242 valence electrons. The summed E-state index contributed by atoms with van der Waals surface area (Å²) in [6.45, 7) is 8.74. The standard InChI is InChI=1S/C30H39N3O5S.C5H12/c1-4-7-28(29(31-2)25-18-22-8-5-6-9-23(22)19-25)33(12-15-34)21-24-10-11-26(39(3,36)37)20-27(24)30(35)32-13-16-38-17-14-32;1-3-5-4-2/h5-11,15,20,25,29,31H,4,12-14,16-19,21H2,1-3H3;3-5H2,1-2H3/b28-7+;. The molecule has 44 heavy (non-hydrogen) atoms. The van der Waals surface area contributed by atoms with Crippen molar-refractivity contribution in [2.45, 2.75) is 76.8 Å². The van der Waals surface area contributed by atoms with Crippen molar-refractivity contribution in [3.05, 3.63) is 76.5 Å². The van der Waals surface area contributed by atoms with Crippen molar-refractivity contribution >= 4 is 22.0 Å². The first kappa shape index (κ1) is 35.5. The molecule has 0 bridgehead atoms. The molecule has 0 radical (unpaired) electrons. The van der Waals surface area contributed by atoms with Crippen LogP contribution >= 0.6 is 0 Å². The molecule has 2 aromatic carbocycles. The average molecular weight is 626 g/mol. The van der Waals surface area contributed by atoms with Gasteiger partial charge in [-0.2, -0.15) is 0 Å². The molecule has 1 N–H and O–H groups in total. The maximum absolute atomic E-state index is 13.6. The number of carbonyl (C=O) groups is 2. The van der Waals surface area contributed by atoms with Crippen molar-refractivity contribution in [1.29, 1.82) is 0 Å². The van der Waals surface area contributed by atoms with Crippen LogP contribution in [0.2, 0.25) is 0 Å². The van der Waals surface area contributed by atoms with Crippen LogP contribution in [0, 0.1) is 5.92 Å². The molecule has 2 aromatic rings. The number of amides is 1. The van der Waals surface area contributed by atoms with Gasteiger partial charge in [0.2, 0.25) is 0 Å². The summed E-state index contributed by atoms with van der Waals surface area (Å²) in [6.07, 6.45) is 10.9. The molecule has 9 heteroatoms. The minimum atomic E-state index is -3.51. The summed E-state index contributed by atoms with van der Waals surface area (Å²) >= 11 is 0. The van der Waals surface area contributed by atoms with Gasteiger partial charge in [-0.05, 0) is 61.1 Å². The summed E-state index contributed by atoms with van der Waals surface area (Å²) in [5.41, 5.74) is 4.76. The molecule has 0 saturated carbocycles. The molecule has 1 atom stereocenters. The largest absolute Gasteiger partial charge is 0.378 e. The Hall–Kier alpha value is -3.01. The predicted octanol–water partition coefficient (Wildman–Crippen LogP) is 5.06. The number of rotatable bonds is 13. The number of nitrogens with one attached hydrogen (secondary N) is 1. The Morgan fingerprint density at radius 2 is 1.70 bits per heavy atom. The zero-order valence-corrected chi connectivity index (χ0v) is 28.0. The second-order valence-electron chi connectivity index (χ2n) is 11.6. The predicted molar refractivity (Wildman–Crippen MR) is 177 cm³/mol. The second-order valence-corrected chi connectivity index (χ2v) is 13.7. The zero-order chi connectivity index (χ0) is 32.1. The van der Waals surface area contributed by atoms with E-state index in [2.05, 4.69) is 56.4 Å². The number of unbranched alkanes of at least 4 members (excludes halogenated alkanes) is 2. The molecule has 1 heterocycles. The number of fused-ring (bicyclic) bond motifs is 1. The van der Waals surface area contributed by atoms with Crippen LogP contribution in [-0.2, 0) is 38.8 Å². The van der Waals surface area contributed by atoms with Crippen LogP contribution < -0.4 is 5.32 Å². The van der Waals surface area contributed by atoms with E-state index in [-0.39, 0.29) is 23.4 Å². The van der Waals surface area contributed by atoms with E-state index < -0.39 is 9.84 Å². The van der Waals surface area contributed by atoms with Crippen LogP contribution in [0.3, 0.4) is 0 Å². The Balaban J connectivity index is 0.000000978. The van der Waals surface area contributed by atoms with Crippen LogP contribution in [0.15, 0.2) is 59.1 Å². The first-order valence-electron chi connectivity index (χ1n) is 16.0. The van der Waals surface area contributed by atoms with Gasteiger partial charge in [-0.25, -0.2) is 8.42 Å². The number of nitrogens with zero attached hydrogens (tertiary/aromatic N) is 2. The molecule has 4 rings (SSSR count). The molecule has 1 aliphatic heterocycles. The molecule has 8 nitrogen and oxygen atoms in total. The van der Waals surface area contributed by atoms with Crippen LogP contribution in [-0.4, -0.2) is 82.6 Å². The summed E-state index contributed by atoms with van der Waals surface area (Å²) in [4.78, 5) is 29.4. The third kappa shape index (κ3) is 9.49. The molecular formula is C35H51N3O5S. The fourth-order valence-electron chi connectivity index (χ4n) is 6.09. The normalized spacial score (nSPS) is 16.1. The van der Waals surface area contributed by atoms with Crippen molar-refractivity contribution < 1.29 is 22.7 Å². The Kier molecular flexibility index (Phi) is 14.1. The highest BCUT2D eigenvalue weighted by atomic mass is 32.2. The van der Waals surface area contributed by atoms with Crippen LogP contribution in [0.5, 0.6) is 0 Å². The number of allylic oxidation sites excluding steroid dienone is 1. The number of likely N-dealkylation sites (N-methyl/N-ethyl adjacent to an activating group) is 1. The number of benzene rings is 2. The number of hydrogen-bond acceptors (Lipinski definition) is 7. The van der Waals surface area contributed by atoms with Gasteiger partial charge in [0.25, 0.3) is 5.91 Å². The van der Waals surface area contributed by atoms with Gasteiger partial charge in [0.05, 0.1) is 30.7 Å². The number of ether oxygens (including phenoxy) is 1. The van der Waals surface area contributed by atoms with Gasteiger partial charge in [0.15, 0.2) is 9.84 Å². The average Bonchev–Trinajstić information content (AvgIpc) is 3.45. The number of sulfone groups is 1. The van der Waals surface area contributed by atoms with E-state index in [1.54, 1.807) is 17.0 Å². The molecule has 0 spiro atoms. The van der Waals surface area contributed by atoms with E-state index in [0.29, 0.717) is 49.9 Å². The quantitative estimate of drug-likeness (QED) is 0.311. The smallest absolute Gasteiger partial charge is 0.254 e. The molecule has 1 unspecified atom stereocenters. The number of carbonyl (C=O) groups excluding carboxylic acids is 2. The van der Waals surface area contributed by atoms with E-state index >= 15 is 0 Å². The minimum Gasteiger partial charge on any atom is -0.378 e. The maximum Gasteiger partial charge on any atom is 0.254 e. The number of morpholine rings is 1. The summed E-state index contributed by atoms with van der Waals surface area (Å²) < 4.78 is 30.1. The second kappa shape index (κ2) is 17.5. The Morgan fingerprint density at radius 1 is 1.07 bits per heavy atom. The summed E-state index contributed by atoms with van der Waals surface area (Å²) in [7, 11) is -1.56. The summed E-state index contributed by atoms with van der Waals surface area (Å²) in [5.74, 6) is 0.101. The summed E-state index contributed by atoms with van der Waals surface area (Å²) in [6, 6.07) is 13.3. The van der Waals surface area contributed by atoms with Crippen LogP contribution in [0.4, 0.5) is 0 Å². The van der Waals surface area contributed by atoms with E-state index in [1.807, 2.05) is 11.9 Å². The lowest BCUT2D eigenvalue weighted by Gasteiger charge is -2.35. The van der Waals surface area contributed by atoms with Gasteiger partial charge in [0, 0.05) is 37.2 Å². The van der Waals surface area contributed by atoms with Gasteiger partial charge in [-0.1, -0.05) is 76.4 Å². The fraction of sp³-hybridized carbons (Fsp3) is 0.543. The number of aldehydes is 1. The zero-order valence-electron chi connectivity index (χ0n) is 27.2. The summed E-state index contributed by atoms with van der Waals surface area (Å²) in [5, 5.41) is 3.51. The SMILES string of the molecule is CC/C=C(\C(NC)C1Cc2ccccc2C1)N(CC=O)Cc1ccc(S(C)(=O)=O)cc1C(=O)N1CCOCC1.CCCCC. The lowest BCUT2D eigenvalue weighted by Crippen LogP contribution is -2.44. The highest BCUT2D eigenvalue weighted by Crippen LogP contribution is 2.33. The fourth-order valence-corrected chi connectivity index (χ4v) is 6.73. The lowest BCUT2D eigenvalue weighted by molar-refractivity contribution is -0.108. The third-order valence-electron chi connectivity index (χ3n) is 8.36. The molecule has 2 aliphatic rings. The van der Waals surface area contributed by atoms with Gasteiger partial charge >= 0.3 is 0 Å². The Morgan fingerprint density at radius 3 is 2.20 bits per heavy atom. The highest BCUT2D eigenvalue weighted by molar-refractivity contribution is 7.90. The number of hydrogen-bond donors (Lipinski definition) is 1. The third-order valence-corrected chi connectivity index (χ3v) is 9.47. The van der Waals surface area contributed by atoms with Crippen LogP contribution in [0.25, 0.3) is 0 Å². The molecule has 1 saturated heterocycles. The Labute approximate surface area is 264 Å². The van der Waals surface area contributed by atoms with Crippen molar-refractivity contribution in [3.63, 3.8) is 0 Å². The molecule has 1 amide bonds.